The van der Waals surface area contributed by atoms with Crippen molar-refractivity contribution in [2.45, 2.75) is 6.04 Å². The Kier molecular flexibility index (Phi) is 4.52. The predicted octanol–water partition coefficient (Wildman–Crippen LogP) is 3.15. The summed E-state index contributed by atoms with van der Waals surface area (Å²) in [5.74, 6) is 5.99. The summed E-state index contributed by atoms with van der Waals surface area (Å²) in [6.45, 7) is 0. The summed E-state index contributed by atoms with van der Waals surface area (Å²) >= 11 is 3.13. The fourth-order valence-corrected chi connectivity index (χ4v) is 2.21. The Morgan fingerprint density at radius 2 is 2.00 bits per heavy atom. The van der Waals surface area contributed by atoms with E-state index in [1.54, 1.807) is 13.2 Å². The summed E-state index contributed by atoms with van der Waals surface area (Å²) in [6, 6.07) is 12.1. The van der Waals surface area contributed by atoms with Crippen molar-refractivity contribution in [1.82, 2.24) is 5.43 Å². The van der Waals surface area contributed by atoms with Crippen LogP contribution >= 0.6 is 15.9 Å². The third kappa shape index (κ3) is 2.94. The maximum atomic E-state index is 13.6. The van der Waals surface area contributed by atoms with Crippen LogP contribution in [0.15, 0.2) is 46.9 Å². The molecule has 2 aromatic rings. The van der Waals surface area contributed by atoms with Crippen LogP contribution in [0.5, 0.6) is 5.75 Å². The summed E-state index contributed by atoms with van der Waals surface area (Å²) in [5, 5.41) is 0. The van der Waals surface area contributed by atoms with Gasteiger partial charge in [0, 0.05) is 5.56 Å². The Hall–Kier alpha value is -1.43. The van der Waals surface area contributed by atoms with E-state index in [4.69, 9.17) is 10.6 Å². The number of para-hydroxylation sites is 1. The first-order valence-corrected chi connectivity index (χ1v) is 6.50. The van der Waals surface area contributed by atoms with Gasteiger partial charge in [0.1, 0.15) is 11.6 Å². The van der Waals surface area contributed by atoms with E-state index < -0.39 is 0 Å². The number of rotatable bonds is 4. The number of benzene rings is 2. The molecular formula is C14H14BrFN2O. The molecule has 0 saturated carbocycles. The average Bonchev–Trinajstić information content (AvgIpc) is 2.44. The fraction of sp³-hybridized carbons (Fsp3) is 0.143. The fourth-order valence-electron chi connectivity index (χ4n) is 1.96. The van der Waals surface area contributed by atoms with Crippen molar-refractivity contribution in [2.75, 3.05) is 7.11 Å². The van der Waals surface area contributed by atoms with E-state index in [9.17, 15) is 4.39 Å². The Labute approximate surface area is 119 Å². The molecule has 19 heavy (non-hydrogen) atoms. The number of halogens is 2. The molecule has 3 N–H and O–H groups in total. The molecule has 0 bridgehead atoms. The lowest BCUT2D eigenvalue weighted by atomic mass is 9.98. The van der Waals surface area contributed by atoms with Gasteiger partial charge in [-0.2, -0.15) is 0 Å². The first-order chi connectivity index (χ1) is 9.17. The maximum absolute atomic E-state index is 13.6. The highest BCUT2D eigenvalue weighted by molar-refractivity contribution is 9.10. The van der Waals surface area contributed by atoms with Gasteiger partial charge < -0.3 is 4.74 Å². The smallest absolute Gasteiger partial charge is 0.137 e. The third-order valence-electron chi connectivity index (χ3n) is 2.89. The van der Waals surface area contributed by atoms with Crippen LogP contribution in [0.2, 0.25) is 0 Å². The summed E-state index contributed by atoms with van der Waals surface area (Å²) in [5.41, 5.74) is 4.28. The van der Waals surface area contributed by atoms with Crippen molar-refractivity contribution in [2.24, 2.45) is 5.84 Å². The van der Waals surface area contributed by atoms with Crippen molar-refractivity contribution in [3.05, 3.63) is 63.9 Å². The lowest BCUT2D eigenvalue weighted by molar-refractivity contribution is 0.404. The molecule has 0 fully saturated rings. The molecule has 100 valence electrons. The number of ether oxygens (including phenoxy) is 1. The molecule has 0 spiro atoms. The third-order valence-corrected chi connectivity index (χ3v) is 3.54. The molecule has 0 saturated heterocycles. The second kappa shape index (κ2) is 6.14. The molecule has 1 unspecified atom stereocenters. The molecule has 3 nitrogen and oxygen atoms in total. The van der Waals surface area contributed by atoms with E-state index in [-0.39, 0.29) is 11.9 Å². The number of hydrogen-bond acceptors (Lipinski definition) is 3. The Morgan fingerprint density at radius 1 is 1.26 bits per heavy atom. The second-order valence-corrected chi connectivity index (χ2v) is 4.87. The molecule has 2 rings (SSSR count). The molecule has 0 aliphatic rings. The molecule has 1 atom stereocenters. The molecule has 0 aromatic heterocycles. The van der Waals surface area contributed by atoms with Gasteiger partial charge in [0.2, 0.25) is 0 Å². The zero-order chi connectivity index (χ0) is 13.8. The van der Waals surface area contributed by atoms with E-state index in [1.165, 1.54) is 6.07 Å². The Balaban J connectivity index is 2.46. The maximum Gasteiger partial charge on any atom is 0.137 e. The standard InChI is InChI=1S/C14H14BrFN2O/c1-19-13-5-3-2-4-10(13)14(18-17)9-6-7-11(15)12(16)8-9/h2-8,14,18H,17H2,1H3. The quantitative estimate of drug-likeness (QED) is 0.671. The van der Waals surface area contributed by atoms with Crippen LogP contribution in [-0.2, 0) is 0 Å². The predicted molar refractivity (Wildman–Crippen MR) is 76.3 cm³/mol. The molecule has 0 heterocycles. The molecule has 0 aliphatic heterocycles. The zero-order valence-electron chi connectivity index (χ0n) is 10.4. The van der Waals surface area contributed by atoms with Gasteiger partial charge >= 0.3 is 0 Å². The highest BCUT2D eigenvalue weighted by Gasteiger charge is 2.17. The van der Waals surface area contributed by atoms with Gasteiger partial charge in [-0.1, -0.05) is 24.3 Å². The number of nitrogens with one attached hydrogen (secondary N) is 1. The van der Waals surface area contributed by atoms with Crippen molar-refractivity contribution >= 4 is 15.9 Å². The van der Waals surface area contributed by atoms with E-state index in [2.05, 4.69) is 21.4 Å². The summed E-state index contributed by atoms with van der Waals surface area (Å²) < 4.78 is 19.4. The van der Waals surface area contributed by atoms with E-state index in [0.717, 1.165) is 11.1 Å². The molecule has 2 aromatic carbocycles. The van der Waals surface area contributed by atoms with E-state index >= 15 is 0 Å². The molecule has 0 amide bonds. The van der Waals surface area contributed by atoms with Crippen LogP contribution < -0.4 is 16.0 Å². The minimum absolute atomic E-state index is 0.326. The summed E-state index contributed by atoms with van der Waals surface area (Å²) in [6.07, 6.45) is 0. The minimum atomic E-state index is -0.334. The zero-order valence-corrected chi connectivity index (χ0v) is 11.9. The second-order valence-electron chi connectivity index (χ2n) is 4.02. The number of nitrogens with two attached hydrogens (primary N) is 1. The highest BCUT2D eigenvalue weighted by atomic mass is 79.9. The number of hydrogen-bond donors (Lipinski definition) is 2. The van der Waals surface area contributed by atoms with Crippen LogP contribution in [0.3, 0.4) is 0 Å². The normalized spacial score (nSPS) is 12.2. The monoisotopic (exact) mass is 324 g/mol. The summed E-state index contributed by atoms with van der Waals surface area (Å²) in [7, 11) is 1.59. The first-order valence-electron chi connectivity index (χ1n) is 5.71. The van der Waals surface area contributed by atoms with Crippen LogP contribution in [0, 0.1) is 5.82 Å². The van der Waals surface area contributed by atoms with Crippen LogP contribution in [0.25, 0.3) is 0 Å². The van der Waals surface area contributed by atoms with Crippen molar-refractivity contribution in [3.63, 3.8) is 0 Å². The van der Waals surface area contributed by atoms with Gasteiger partial charge in [-0.15, -0.1) is 0 Å². The lowest BCUT2D eigenvalue weighted by Gasteiger charge is -2.19. The van der Waals surface area contributed by atoms with Crippen LogP contribution in [0.1, 0.15) is 17.2 Å². The van der Waals surface area contributed by atoms with Gasteiger partial charge in [0.15, 0.2) is 0 Å². The Morgan fingerprint density at radius 3 is 2.63 bits per heavy atom. The van der Waals surface area contributed by atoms with Crippen molar-refractivity contribution < 1.29 is 9.13 Å². The van der Waals surface area contributed by atoms with Crippen molar-refractivity contribution in [1.29, 1.82) is 0 Å². The van der Waals surface area contributed by atoms with Crippen LogP contribution in [0.4, 0.5) is 4.39 Å². The lowest BCUT2D eigenvalue weighted by Crippen LogP contribution is -2.29. The Bertz CT molecular complexity index is 577. The van der Waals surface area contributed by atoms with Crippen molar-refractivity contribution in [3.8, 4) is 5.75 Å². The van der Waals surface area contributed by atoms with E-state index in [1.807, 2.05) is 30.3 Å². The van der Waals surface area contributed by atoms with Gasteiger partial charge in [0.25, 0.3) is 0 Å². The largest absolute Gasteiger partial charge is 0.496 e. The average molecular weight is 325 g/mol. The molecule has 0 aliphatic carbocycles. The first kappa shape index (κ1) is 14.0. The van der Waals surface area contributed by atoms with Gasteiger partial charge in [-0.25, -0.2) is 9.82 Å². The summed E-state index contributed by atoms with van der Waals surface area (Å²) in [4.78, 5) is 0. The molecule has 5 heteroatoms. The van der Waals surface area contributed by atoms with Crippen LogP contribution in [-0.4, -0.2) is 7.11 Å². The number of hydrazine groups is 1. The minimum Gasteiger partial charge on any atom is -0.496 e. The molecule has 0 radical (unpaired) electrons. The highest BCUT2D eigenvalue weighted by Crippen LogP contribution is 2.30. The van der Waals surface area contributed by atoms with E-state index in [0.29, 0.717) is 10.2 Å². The number of methoxy groups -OCH3 is 1. The molecular weight excluding hydrogens is 311 g/mol. The van der Waals surface area contributed by atoms with Gasteiger partial charge in [-0.05, 0) is 39.7 Å². The van der Waals surface area contributed by atoms with Gasteiger partial charge in [0.05, 0.1) is 17.6 Å². The topological polar surface area (TPSA) is 47.3 Å². The SMILES string of the molecule is COc1ccccc1C(NN)c1ccc(Br)c(F)c1. The van der Waals surface area contributed by atoms with Gasteiger partial charge in [-0.3, -0.25) is 5.84 Å².